The standard InChI is InChI=1S/C15H31N7/c1-18(8-6-16-14-19(2)10-11-20(14)3)9-7-17-15-21(4)12-13-22(15)5/h6-13H2,1-5H3. The molecule has 0 aromatic carbocycles. The summed E-state index contributed by atoms with van der Waals surface area (Å²) in [4.78, 5) is 20.6. The molecule has 0 aromatic heterocycles. The molecule has 126 valence electrons. The SMILES string of the molecule is CN(CCN=C1N(C)CCN1C)CCN=C1N(C)CCN1C. The van der Waals surface area contributed by atoms with Gasteiger partial charge in [-0.05, 0) is 7.05 Å². The van der Waals surface area contributed by atoms with Crippen LogP contribution in [0.4, 0.5) is 0 Å². The van der Waals surface area contributed by atoms with Gasteiger partial charge in [0.15, 0.2) is 11.9 Å². The Morgan fingerprint density at radius 1 is 0.727 bits per heavy atom. The maximum Gasteiger partial charge on any atom is 0.196 e. The second kappa shape index (κ2) is 7.67. The van der Waals surface area contributed by atoms with Crippen LogP contribution >= 0.6 is 0 Å². The third kappa shape index (κ3) is 4.25. The summed E-state index contributed by atoms with van der Waals surface area (Å²) in [5.74, 6) is 2.23. The summed E-state index contributed by atoms with van der Waals surface area (Å²) in [5.41, 5.74) is 0. The van der Waals surface area contributed by atoms with E-state index in [1.807, 2.05) is 0 Å². The molecule has 0 N–H and O–H groups in total. The third-order valence-corrected chi connectivity index (χ3v) is 4.38. The maximum absolute atomic E-state index is 4.71. The van der Waals surface area contributed by atoms with Crippen LogP contribution in [0.5, 0.6) is 0 Å². The van der Waals surface area contributed by atoms with E-state index in [2.05, 4.69) is 59.7 Å². The van der Waals surface area contributed by atoms with E-state index in [0.29, 0.717) is 0 Å². The van der Waals surface area contributed by atoms with Gasteiger partial charge in [-0.15, -0.1) is 0 Å². The second-order valence-corrected chi connectivity index (χ2v) is 6.35. The molecular formula is C15H31N7. The fourth-order valence-corrected chi connectivity index (χ4v) is 2.82. The van der Waals surface area contributed by atoms with Crippen LogP contribution in [0, 0.1) is 0 Å². The average Bonchev–Trinajstić information content (AvgIpc) is 2.96. The first kappa shape index (κ1) is 16.9. The van der Waals surface area contributed by atoms with E-state index in [0.717, 1.165) is 64.3 Å². The molecule has 0 radical (unpaired) electrons. The van der Waals surface area contributed by atoms with Gasteiger partial charge in [0.1, 0.15) is 0 Å². The predicted octanol–water partition coefficient (Wildman–Crippen LogP) is -0.615. The van der Waals surface area contributed by atoms with Gasteiger partial charge in [-0.2, -0.15) is 0 Å². The van der Waals surface area contributed by atoms with Crippen LogP contribution in [0.3, 0.4) is 0 Å². The Morgan fingerprint density at radius 2 is 1.05 bits per heavy atom. The highest BCUT2D eigenvalue weighted by Crippen LogP contribution is 2.04. The minimum absolute atomic E-state index is 0.844. The summed E-state index contributed by atoms with van der Waals surface area (Å²) in [7, 11) is 10.6. The topological polar surface area (TPSA) is 40.9 Å². The Balaban J connectivity index is 1.69. The first-order chi connectivity index (χ1) is 10.5. The van der Waals surface area contributed by atoms with Crippen LogP contribution in [0.15, 0.2) is 9.98 Å². The van der Waals surface area contributed by atoms with Crippen LogP contribution in [0.2, 0.25) is 0 Å². The molecular weight excluding hydrogens is 278 g/mol. The Bertz CT molecular complexity index is 358. The summed E-state index contributed by atoms with van der Waals surface area (Å²) >= 11 is 0. The zero-order chi connectivity index (χ0) is 16.1. The fraction of sp³-hybridized carbons (Fsp3) is 0.867. The molecule has 0 bridgehead atoms. The molecule has 22 heavy (non-hydrogen) atoms. The number of likely N-dealkylation sites (N-methyl/N-ethyl adjacent to an activating group) is 5. The van der Waals surface area contributed by atoms with Crippen molar-refractivity contribution in [3.8, 4) is 0 Å². The fourth-order valence-electron chi connectivity index (χ4n) is 2.82. The molecule has 0 atom stereocenters. The Kier molecular flexibility index (Phi) is 5.88. The van der Waals surface area contributed by atoms with Crippen molar-refractivity contribution in [3.05, 3.63) is 0 Å². The van der Waals surface area contributed by atoms with Gasteiger partial charge in [0.25, 0.3) is 0 Å². The van der Waals surface area contributed by atoms with Crippen LogP contribution in [0.25, 0.3) is 0 Å². The van der Waals surface area contributed by atoms with E-state index in [1.54, 1.807) is 0 Å². The lowest BCUT2D eigenvalue weighted by Crippen LogP contribution is -2.31. The van der Waals surface area contributed by atoms with Crippen molar-refractivity contribution in [1.82, 2.24) is 24.5 Å². The molecule has 0 amide bonds. The van der Waals surface area contributed by atoms with Crippen molar-refractivity contribution in [2.24, 2.45) is 9.98 Å². The zero-order valence-electron chi connectivity index (χ0n) is 14.8. The number of hydrogen-bond acceptors (Lipinski definition) is 3. The van der Waals surface area contributed by atoms with Gasteiger partial charge < -0.3 is 24.5 Å². The molecule has 2 aliphatic rings. The highest BCUT2D eigenvalue weighted by molar-refractivity contribution is 5.81. The summed E-state index contributed by atoms with van der Waals surface area (Å²) in [6.45, 7) is 7.93. The number of nitrogens with zero attached hydrogens (tertiary/aromatic N) is 7. The van der Waals surface area contributed by atoms with Gasteiger partial charge >= 0.3 is 0 Å². The van der Waals surface area contributed by atoms with Crippen LogP contribution in [-0.2, 0) is 0 Å². The monoisotopic (exact) mass is 309 g/mol. The summed E-state index contributed by atoms with van der Waals surface area (Å²) in [6, 6.07) is 0. The van der Waals surface area contributed by atoms with Gasteiger partial charge in [-0.3, -0.25) is 9.98 Å². The third-order valence-electron chi connectivity index (χ3n) is 4.38. The molecule has 0 unspecified atom stereocenters. The Hall–Kier alpha value is -1.50. The van der Waals surface area contributed by atoms with E-state index in [1.165, 1.54) is 0 Å². The van der Waals surface area contributed by atoms with Gasteiger partial charge in [-0.1, -0.05) is 0 Å². The summed E-state index contributed by atoms with van der Waals surface area (Å²) < 4.78 is 0. The summed E-state index contributed by atoms with van der Waals surface area (Å²) in [6.07, 6.45) is 0. The molecule has 7 heteroatoms. The molecule has 0 aromatic rings. The van der Waals surface area contributed by atoms with Crippen molar-refractivity contribution < 1.29 is 0 Å². The van der Waals surface area contributed by atoms with E-state index >= 15 is 0 Å². The molecule has 2 heterocycles. The largest absolute Gasteiger partial charge is 0.344 e. The van der Waals surface area contributed by atoms with Gasteiger partial charge in [-0.25, -0.2) is 0 Å². The lowest BCUT2D eigenvalue weighted by Gasteiger charge is -2.19. The molecule has 0 aliphatic carbocycles. The van der Waals surface area contributed by atoms with Gasteiger partial charge in [0, 0.05) is 67.5 Å². The number of aliphatic imine (C=N–C) groups is 2. The molecule has 2 saturated heterocycles. The van der Waals surface area contributed by atoms with E-state index in [-0.39, 0.29) is 0 Å². The highest BCUT2D eigenvalue weighted by atomic mass is 15.4. The van der Waals surface area contributed by atoms with Crippen molar-refractivity contribution >= 4 is 11.9 Å². The van der Waals surface area contributed by atoms with Crippen molar-refractivity contribution in [1.29, 1.82) is 0 Å². The zero-order valence-corrected chi connectivity index (χ0v) is 14.8. The Labute approximate surface area is 134 Å². The molecule has 2 fully saturated rings. The molecule has 2 aliphatic heterocycles. The quantitative estimate of drug-likeness (QED) is 0.654. The van der Waals surface area contributed by atoms with Crippen molar-refractivity contribution in [2.75, 3.05) is 87.6 Å². The van der Waals surface area contributed by atoms with Gasteiger partial charge in [0.05, 0.1) is 13.1 Å². The minimum Gasteiger partial charge on any atom is -0.344 e. The van der Waals surface area contributed by atoms with Gasteiger partial charge in [0.2, 0.25) is 0 Å². The number of rotatable bonds is 6. The second-order valence-electron chi connectivity index (χ2n) is 6.35. The normalized spacial score (nSPS) is 19.0. The Morgan fingerprint density at radius 3 is 1.36 bits per heavy atom. The average molecular weight is 309 g/mol. The van der Waals surface area contributed by atoms with E-state index in [9.17, 15) is 0 Å². The lowest BCUT2D eigenvalue weighted by atomic mass is 10.5. The van der Waals surface area contributed by atoms with E-state index in [4.69, 9.17) is 9.98 Å². The van der Waals surface area contributed by atoms with Crippen molar-refractivity contribution in [3.63, 3.8) is 0 Å². The smallest absolute Gasteiger partial charge is 0.196 e. The summed E-state index contributed by atoms with van der Waals surface area (Å²) in [5, 5.41) is 0. The van der Waals surface area contributed by atoms with Crippen molar-refractivity contribution in [2.45, 2.75) is 0 Å². The lowest BCUT2D eigenvalue weighted by molar-refractivity contribution is 0.351. The highest BCUT2D eigenvalue weighted by Gasteiger charge is 2.20. The van der Waals surface area contributed by atoms with Crippen LogP contribution < -0.4 is 0 Å². The predicted molar refractivity (Wildman–Crippen MR) is 92.6 cm³/mol. The number of guanidine groups is 2. The maximum atomic E-state index is 4.71. The van der Waals surface area contributed by atoms with E-state index < -0.39 is 0 Å². The molecule has 2 rings (SSSR count). The number of hydrogen-bond donors (Lipinski definition) is 0. The molecule has 0 saturated carbocycles. The van der Waals surface area contributed by atoms with Crippen LogP contribution in [-0.4, -0.2) is 124 Å². The first-order valence-corrected chi connectivity index (χ1v) is 8.11. The molecule has 0 spiro atoms. The van der Waals surface area contributed by atoms with Crippen LogP contribution in [0.1, 0.15) is 0 Å². The first-order valence-electron chi connectivity index (χ1n) is 8.11. The minimum atomic E-state index is 0.844. The molecule has 7 nitrogen and oxygen atoms in total.